The zero-order chi connectivity index (χ0) is 21.6. The van der Waals surface area contributed by atoms with Crippen LogP contribution in [0.3, 0.4) is 0 Å². The second-order valence-electron chi connectivity index (χ2n) is 9.27. The van der Waals surface area contributed by atoms with Crippen molar-refractivity contribution < 1.29 is 14.4 Å². The van der Waals surface area contributed by atoms with Gasteiger partial charge in [-0.15, -0.1) is 0 Å². The number of carbonyl (C=O) groups excluding carboxylic acids is 1. The Balaban J connectivity index is 3.28. The molecule has 0 aromatic heterocycles. The first-order chi connectivity index (χ1) is 14.0. The van der Waals surface area contributed by atoms with E-state index in [4.69, 9.17) is 5.11 Å². The first-order valence-corrected chi connectivity index (χ1v) is 12.7. The number of quaternary nitrogens is 1. The van der Waals surface area contributed by atoms with Crippen molar-refractivity contribution in [2.24, 2.45) is 0 Å². The minimum Gasteiger partial charge on any atom is -0.390 e. The predicted molar refractivity (Wildman–Crippen MR) is 127 cm³/mol. The van der Waals surface area contributed by atoms with Crippen molar-refractivity contribution in [3.05, 3.63) is 12.2 Å². The van der Waals surface area contributed by atoms with E-state index < -0.39 is 0 Å². The number of amides is 1. The largest absolute Gasteiger partial charge is 0.390 e. The number of hydrogen-bond acceptors (Lipinski definition) is 2. The van der Waals surface area contributed by atoms with Crippen LogP contribution in [0.15, 0.2) is 12.2 Å². The Labute approximate surface area is 182 Å². The third kappa shape index (κ3) is 19.1. The van der Waals surface area contributed by atoms with E-state index in [2.05, 4.69) is 19.1 Å². The van der Waals surface area contributed by atoms with Gasteiger partial charge in [0.1, 0.15) is 6.54 Å². The Morgan fingerprint density at radius 2 is 1.10 bits per heavy atom. The molecule has 0 radical (unpaired) electrons. The molecule has 3 nitrogen and oxygen atoms in total. The number of likely N-dealkylation sites (N-methyl/N-ethyl adjacent to an activating group) is 1. The highest BCUT2D eigenvalue weighted by atomic mass is 16.3. The fourth-order valence-electron chi connectivity index (χ4n) is 3.73. The van der Waals surface area contributed by atoms with E-state index in [1.807, 2.05) is 14.1 Å². The standard InChI is InChI=1S/C26H52NO2/c1-4-5-6-7-8-9-10-11-12-13-14-15-16-17-18-19-20-21-22-23-26(29)27(2,3)24-25-28/h11-12,28H,4-10,13-25H2,1-3H3/q+1/b12-11-. The summed E-state index contributed by atoms with van der Waals surface area (Å²) in [6.45, 7) is 2.88. The molecule has 0 fully saturated rings. The summed E-state index contributed by atoms with van der Waals surface area (Å²) in [7, 11) is 3.79. The van der Waals surface area contributed by atoms with Gasteiger partial charge in [0, 0.05) is 0 Å². The molecule has 0 spiro atoms. The second-order valence-corrected chi connectivity index (χ2v) is 9.27. The van der Waals surface area contributed by atoms with Gasteiger partial charge in [0.25, 0.3) is 0 Å². The Morgan fingerprint density at radius 3 is 1.55 bits per heavy atom. The van der Waals surface area contributed by atoms with Gasteiger partial charge >= 0.3 is 5.91 Å². The van der Waals surface area contributed by atoms with E-state index in [0.717, 1.165) is 12.8 Å². The molecule has 0 unspecified atom stereocenters. The summed E-state index contributed by atoms with van der Waals surface area (Å²) in [6.07, 6.45) is 27.8. The molecule has 0 aliphatic carbocycles. The van der Waals surface area contributed by atoms with Crippen molar-refractivity contribution in [3.63, 3.8) is 0 Å². The lowest BCUT2D eigenvalue weighted by molar-refractivity contribution is -0.814. The molecular weight excluding hydrogens is 358 g/mol. The Kier molecular flexibility index (Phi) is 20.1. The highest BCUT2D eigenvalue weighted by Crippen LogP contribution is 2.13. The third-order valence-corrected chi connectivity index (χ3v) is 5.99. The monoisotopic (exact) mass is 410 g/mol. The number of aliphatic hydroxyl groups is 1. The van der Waals surface area contributed by atoms with E-state index in [0.29, 0.717) is 17.4 Å². The summed E-state index contributed by atoms with van der Waals surface area (Å²) in [5.74, 6) is 0.250. The summed E-state index contributed by atoms with van der Waals surface area (Å²) in [5, 5.41) is 9.01. The molecule has 0 saturated heterocycles. The van der Waals surface area contributed by atoms with Gasteiger partial charge in [0.15, 0.2) is 0 Å². The van der Waals surface area contributed by atoms with Crippen LogP contribution in [0.2, 0.25) is 0 Å². The molecule has 0 aromatic carbocycles. The molecule has 0 rings (SSSR count). The number of unbranched alkanes of at least 4 members (excludes halogenated alkanes) is 15. The van der Waals surface area contributed by atoms with E-state index in [1.165, 1.54) is 96.3 Å². The van der Waals surface area contributed by atoms with Crippen molar-refractivity contribution in [3.8, 4) is 0 Å². The summed E-state index contributed by atoms with van der Waals surface area (Å²) in [4.78, 5) is 12.1. The van der Waals surface area contributed by atoms with Crippen molar-refractivity contribution >= 4 is 5.91 Å². The minimum absolute atomic E-state index is 0.0776. The van der Waals surface area contributed by atoms with Crippen molar-refractivity contribution in [1.29, 1.82) is 0 Å². The summed E-state index contributed by atoms with van der Waals surface area (Å²) >= 11 is 0. The topological polar surface area (TPSA) is 37.3 Å². The van der Waals surface area contributed by atoms with E-state index >= 15 is 0 Å². The highest BCUT2D eigenvalue weighted by Gasteiger charge is 2.24. The average Bonchev–Trinajstić information content (AvgIpc) is 2.69. The summed E-state index contributed by atoms with van der Waals surface area (Å²) < 4.78 is 0.310. The Bertz CT molecular complexity index is 390. The maximum Gasteiger partial charge on any atom is 0.313 e. The molecule has 3 heteroatoms. The number of rotatable bonds is 21. The number of hydrogen-bond donors (Lipinski definition) is 1. The van der Waals surface area contributed by atoms with Crippen LogP contribution in [0.5, 0.6) is 0 Å². The van der Waals surface area contributed by atoms with Crippen LogP contribution < -0.4 is 0 Å². The average molecular weight is 411 g/mol. The fraction of sp³-hybridized carbons (Fsp3) is 0.885. The van der Waals surface area contributed by atoms with Crippen LogP contribution in [0, 0.1) is 0 Å². The smallest absolute Gasteiger partial charge is 0.313 e. The van der Waals surface area contributed by atoms with Gasteiger partial charge in [-0.2, -0.15) is 0 Å². The van der Waals surface area contributed by atoms with Crippen LogP contribution in [-0.2, 0) is 4.79 Å². The fourth-order valence-corrected chi connectivity index (χ4v) is 3.73. The molecule has 29 heavy (non-hydrogen) atoms. The van der Waals surface area contributed by atoms with Crippen LogP contribution >= 0.6 is 0 Å². The maximum absolute atomic E-state index is 12.1. The minimum atomic E-state index is 0.0776. The quantitative estimate of drug-likeness (QED) is 0.124. The maximum atomic E-state index is 12.1. The lowest BCUT2D eigenvalue weighted by atomic mass is 10.0. The first-order valence-electron chi connectivity index (χ1n) is 12.7. The summed E-state index contributed by atoms with van der Waals surface area (Å²) in [5.41, 5.74) is 0. The predicted octanol–water partition coefficient (Wildman–Crippen LogP) is 7.18. The SMILES string of the molecule is CCCCCCCC/C=C\CCCCCCCCCCCC(=O)[N+](C)(C)CCO. The lowest BCUT2D eigenvalue weighted by Crippen LogP contribution is -2.47. The molecule has 172 valence electrons. The van der Waals surface area contributed by atoms with Gasteiger partial charge in [-0.1, -0.05) is 96.1 Å². The first kappa shape index (κ1) is 28.3. The van der Waals surface area contributed by atoms with Crippen molar-refractivity contribution in [1.82, 2.24) is 0 Å². The van der Waals surface area contributed by atoms with E-state index in [9.17, 15) is 4.79 Å². The van der Waals surface area contributed by atoms with Gasteiger partial charge in [-0.25, -0.2) is 4.79 Å². The van der Waals surface area contributed by atoms with Gasteiger partial charge < -0.3 is 5.11 Å². The van der Waals surface area contributed by atoms with E-state index in [1.54, 1.807) is 0 Å². The van der Waals surface area contributed by atoms with Crippen LogP contribution in [0.1, 0.15) is 122 Å². The molecule has 1 N–H and O–H groups in total. The Morgan fingerprint density at radius 1 is 0.690 bits per heavy atom. The summed E-state index contributed by atoms with van der Waals surface area (Å²) in [6, 6.07) is 0. The molecule has 0 aromatic rings. The molecular formula is C26H52NO2+. The van der Waals surface area contributed by atoms with Crippen LogP contribution in [-0.4, -0.2) is 42.7 Å². The molecule has 0 bridgehead atoms. The zero-order valence-corrected chi connectivity index (χ0v) is 20.1. The molecule has 0 atom stereocenters. The molecule has 0 aliphatic rings. The van der Waals surface area contributed by atoms with Crippen molar-refractivity contribution in [2.75, 3.05) is 27.2 Å². The molecule has 1 amide bonds. The highest BCUT2D eigenvalue weighted by molar-refractivity contribution is 5.68. The number of carbonyl (C=O) groups is 1. The van der Waals surface area contributed by atoms with Crippen LogP contribution in [0.25, 0.3) is 0 Å². The number of aliphatic hydroxyl groups excluding tert-OH is 1. The molecule has 0 aliphatic heterocycles. The second kappa shape index (κ2) is 20.6. The van der Waals surface area contributed by atoms with Crippen LogP contribution in [0.4, 0.5) is 0 Å². The van der Waals surface area contributed by atoms with Gasteiger partial charge in [-0.05, 0) is 32.1 Å². The lowest BCUT2D eigenvalue weighted by Gasteiger charge is -2.25. The van der Waals surface area contributed by atoms with Gasteiger partial charge in [0.05, 0.1) is 27.1 Å². The van der Waals surface area contributed by atoms with Gasteiger partial charge in [0.2, 0.25) is 0 Å². The Hall–Kier alpha value is -0.670. The van der Waals surface area contributed by atoms with Gasteiger partial charge in [-0.3, -0.25) is 4.48 Å². The van der Waals surface area contributed by atoms with Crippen molar-refractivity contribution in [2.45, 2.75) is 122 Å². The third-order valence-electron chi connectivity index (χ3n) is 5.99. The van der Waals surface area contributed by atoms with E-state index in [-0.39, 0.29) is 12.5 Å². The number of nitrogens with zero attached hydrogens (tertiary/aromatic N) is 1. The molecule has 0 heterocycles. The number of allylic oxidation sites excluding steroid dienone is 2. The normalized spacial score (nSPS) is 12.1. The zero-order valence-electron chi connectivity index (χ0n) is 20.1. The molecule has 0 saturated carbocycles.